The Morgan fingerprint density at radius 2 is 1.71 bits per heavy atom. The van der Waals surface area contributed by atoms with Gasteiger partial charge in [0.1, 0.15) is 11.6 Å². The Balaban J connectivity index is 1.65. The van der Waals surface area contributed by atoms with Crippen molar-refractivity contribution < 1.29 is 17.9 Å². The van der Waals surface area contributed by atoms with Gasteiger partial charge in [-0.05, 0) is 48.6 Å². The van der Waals surface area contributed by atoms with Crippen molar-refractivity contribution in [1.82, 2.24) is 14.5 Å². The minimum Gasteiger partial charge on any atom is -0.492 e. The fourth-order valence-electron chi connectivity index (χ4n) is 5.29. The van der Waals surface area contributed by atoms with Gasteiger partial charge in [-0.25, -0.2) is 12.8 Å². The van der Waals surface area contributed by atoms with Crippen LogP contribution >= 0.6 is 0 Å². The van der Waals surface area contributed by atoms with Crippen LogP contribution in [-0.2, 0) is 9.84 Å². The maximum absolute atomic E-state index is 14.0. The number of benzene rings is 2. The van der Waals surface area contributed by atoms with Crippen molar-refractivity contribution in [3.8, 4) is 17.0 Å². The number of rotatable bonds is 7. The van der Waals surface area contributed by atoms with Gasteiger partial charge in [-0.15, -0.1) is 0 Å². The molecule has 1 aliphatic rings. The summed E-state index contributed by atoms with van der Waals surface area (Å²) in [7, 11) is -4.43. The Bertz CT molecular complexity index is 1610. The summed E-state index contributed by atoms with van der Waals surface area (Å²) in [5, 5.41) is 10.9. The number of aromatic nitrogens is 3. The summed E-state index contributed by atoms with van der Waals surface area (Å²) in [5.74, 6) is -0.910. The molecule has 2 aromatic heterocycles. The summed E-state index contributed by atoms with van der Waals surface area (Å²) < 4.78 is 42.5. The molecule has 196 valence electrons. The molecular formula is C29H28FN3O4S. The summed E-state index contributed by atoms with van der Waals surface area (Å²) in [6.45, 7) is 1.93. The largest absolute Gasteiger partial charge is 0.492 e. The van der Waals surface area contributed by atoms with Crippen LogP contribution in [0.3, 0.4) is 0 Å². The van der Waals surface area contributed by atoms with E-state index < -0.39 is 38.0 Å². The van der Waals surface area contributed by atoms with E-state index >= 15 is 0 Å². The van der Waals surface area contributed by atoms with Crippen LogP contribution in [0.4, 0.5) is 4.39 Å². The third kappa shape index (κ3) is 4.74. The summed E-state index contributed by atoms with van der Waals surface area (Å²) in [6.07, 6.45) is 6.69. The zero-order valence-electron chi connectivity index (χ0n) is 20.9. The number of aromatic hydroxyl groups is 1. The minimum atomic E-state index is -4.43. The van der Waals surface area contributed by atoms with Gasteiger partial charge in [-0.1, -0.05) is 62.2 Å². The van der Waals surface area contributed by atoms with Crippen molar-refractivity contribution in [3.63, 3.8) is 0 Å². The minimum absolute atomic E-state index is 0.0396. The maximum Gasteiger partial charge on any atom is 0.277 e. The second-order valence-corrected chi connectivity index (χ2v) is 11.4. The smallest absolute Gasteiger partial charge is 0.277 e. The highest BCUT2D eigenvalue weighted by Gasteiger charge is 2.34. The van der Waals surface area contributed by atoms with Crippen LogP contribution in [0.25, 0.3) is 11.1 Å². The lowest BCUT2D eigenvalue weighted by atomic mass is 10.0. The van der Waals surface area contributed by atoms with Crippen molar-refractivity contribution in [2.24, 2.45) is 0 Å². The van der Waals surface area contributed by atoms with E-state index in [-0.39, 0.29) is 10.8 Å². The normalized spacial score (nSPS) is 15.0. The molecule has 2 heterocycles. The SMILES string of the molecule is CCC(c1ccccc1)n1c(C2CCCC2)nc(O)c(S(=O)(=O)c2ccc(-c3cncc(F)c3)cc2)c1=O. The van der Waals surface area contributed by atoms with Gasteiger partial charge in [0.05, 0.1) is 17.1 Å². The molecular weight excluding hydrogens is 505 g/mol. The number of hydrogen-bond acceptors (Lipinski definition) is 6. The van der Waals surface area contributed by atoms with Crippen molar-refractivity contribution in [1.29, 1.82) is 0 Å². The van der Waals surface area contributed by atoms with Crippen LogP contribution < -0.4 is 5.56 Å². The first-order valence-corrected chi connectivity index (χ1v) is 14.2. The van der Waals surface area contributed by atoms with Crippen molar-refractivity contribution in [2.45, 2.75) is 60.8 Å². The number of halogens is 1. The van der Waals surface area contributed by atoms with Gasteiger partial charge in [0.15, 0.2) is 4.90 Å². The molecule has 0 aliphatic heterocycles. The molecule has 38 heavy (non-hydrogen) atoms. The van der Waals surface area contributed by atoms with Crippen LogP contribution in [0.1, 0.15) is 62.4 Å². The molecule has 9 heteroatoms. The maximum atomic E-state index is 14.0. The van der Waals surface area contributed by atoms with Crippen LogP contribution in [-0.4, -0.2) is 28.1 Å². The molecule has 0 bridgehead atoms. The molecule has 0 radical (unpaired) electrons. The highest BCUT2D eigenvalue weighted by atomic mass is 32.2. The molecule has 1 atom stereocenters. The van der Waals surface area contributed by atoms with Gasteiger partial charge >= 0.3 is 0 Å². The molecule has 5 rings (SSSR count). The number of nitrogens with zero attached hydrogens (tertiary/aromatic N) is 3. The summed E-state index contributed by atoms with van der Waals surface area (Å²) >= 11 is 0. The van der Waals surface area contributed by atoms with E-state index in [1.807, 2.05) is 37.3 Å². The van der Waals surface area contributed by atoms with E-state index in [4.69, 9.17) is 0 Å². The zero-order chi connectivity index (χ0) is 26.9. The molecule has 0 amide bonds. The first-order valence-electron chi connectivity index (χ1n) is 12.7. The Hall–Kier alpha value is -3.85. The van der Waals surface area contributed by atoms with E-state index in [0.29, 0.717) is 23.4 Å². The Labute approximate surface area is 220 Å². The first-order chi connectivity index (χ1) is 18.3. The van der Waals surface area contributed by atoms with Crippen molar-refractivity contribution in [2.75, 3.05) is 0 Å². The van der Waals surface area contributed by atoms with Gasteiger partial charge in [0.25, 0.3) is 5.56 Å². The Kier molecular flexibility index (Phi) is 7.12. The van der Waals surface area contributed by atoms with E-state index in [1.54, 1.807) is 0 Å². The molecule has 0 saturated heterocycles. The van der Waals surface area contributed by atoms with Crippen molar-refractivity contribution in [3.05, 3.63) is 101 Å². The van der Waals surface area contributed by atoms with E-state index in [0.717, 1.165) is 37.4 Å². The molecule has 1 unspecified atom stereocenters. The topological polar surface area (TPSA) is 102 Å². The third-order valence-corrected chi connectivity index (χ3v) is 8.95. The van der Waals surface area contributed by atoms with E-state index in [9.17, 15) is 22.7 Å². The lowest BCUT2D eigenvalue weighted by Gasteiger charge is -2.25. The number of pyridine rings is 1. The van der Waals surface area contributed by atoms with Crippen LogP contribution in [0.5, 0.6) is 5.88 Å². The molecule has 7 nitrogen and oxygen atoms in total. The lowest BCUT2D eigenvalue weighted by Crippen LogP contribution is -2.34. The van der Waals surface area contributed by atoms with Crippen LogP contribution in [0.2, 0.25) is 0 Å². The standard InChI is InChI=1S/C29H28FN3O4S/c1-2-25(20-8-4-3-5-9-20)33-27(21-10-6-7-11-21)32-28(34)26(29(33)35)38(36,37)24-14-12-19(13-15-24)22-16-23(30)18-31-17-22/h3-5,8-9,12-18,21,25,34H,2,6-7,10-11H2,1H3. The van der Waals surface area contributed by atoms with Crippen LogP contribution in [0.15, 0.2) is 87.6 Å². The lowest BCUT2D eigenvalue weighted by molar-refractivity contribution is 0.399. The van der Waals surface area contributed by atoms with Crippen molar-refractivity contribution >= 4 is 9.84 Å². The van der Waals surface area contributed by atoms with Gasteiger partial charge < -0.3 is 5.11 Å². The quantitative estimate of drug-likeness (QED) is 0.330. The summed E-state index contributed by atoms with van der Waals surface area (Å²) in [4.78, 5) is 21.3. The second kappa shape index (κ2) is 10.5. The monoisotopic (exact) mass is 533 g/mol. The van der Waals surface area contributed by atoms with Gasteiger partial charge in [0, 0.05) is 17.7 Å². The molecule has 2 aromatic carbocycles. The first kappa shape index (κ1) is 25.8. The van der Waals surface area contributed by atoms with Gasteiger partial charge in [0.2, 0.25) is 15.7 Å². The van der Waals surface area contributed by atoms with Crippen LogP contribution in [0, 0.1) is 5.82 Å². The predicted molar refractivity (Wildman–Crippen MR) is 141 cm³/mol. The molecule has 1 N–H and O–H groups in total. The Morgan fingerprint density at radius 1 is 1.03 bits per heavy atom. The zero-order valence-corrected chi connectivity index (χ0v) is 21.7. The summed E-state index contributed by atoms with van der Waals surface area (Å²) in [6, 6.07) is 16.0. The molecule has 0 spiro atoms. The molecule has 1 fully saturated rings. The molecule has 1 aliphatic carbocycles. The predicted octanol–water partition coefficient (Wildman–Crippen LogP) is 5.64. The number of sulfone groups is 1. The average Bonchev–Trinajstić information content (AvgIpc) is 3.46. The second-order valence-electron chi connectivity index (χ2n) is 9.53. The third-order valence-electron chi connectivity index (χ3n) is 7.16. The summed E-state index contributed by atoms with van der Waals surface area (Å²) in [5.41, 5.74) is 1.12. The highest BCUT2D eigenvalue weighted by molar-refractivity contribution is 7.91. The molecule has 1 saturated carbocycles. The fourth-order valence-corrected chi connectivity index (χ4v) is 6.63. The highest BCUT2D eigenvalue weighted by Crippen LogP contribution is 2.37. The molecule has 4 aromatic rings. The van der Waals surface area contributed by atoms with Gasteiger partial charge in [-0.2, -0.15) is 4.98 Å². The average molecular weight is 534 g/mol. The van der Waals surface area contributed by atoms with E-state index in [2.05, 4.69) is 9.97 Å². The van der Waals surface area contributed by atoms with Gasteiger partial charge in [-0.3, -0.25) is 14.3 Å². The number of hydrogen-bond donors (Lipinski definition) is 1. The fraction of sp³-hybridized carbons (Fsp3) is 0.276. The Morgan fingerprint density at radius 3 is 2.34 bits per heavy atom. The van der Waals surface area contributed by atoms with E-state index in [1.165, 1.54) is 41.1 Å².